The van der Waals surface area contributed by atoms with Crippen molar-refractivity contribution in [3.8, 4) is 0 Å². The van der Waals surface area contributed by atoms with Crippen molar-refractivity contribution < 1.29 is 4.79 Å². The van der Waals surface area contributed by atoms with E-state index in [0.29, 0.717) is 5.92 Å². The maximum atomic E-state index is 11.2. The van der Waals surface area contributed by atoms with E-state index in [2.05, 4.69) is 12.2 Å². The Hall–Kier alpha value is -0.530. The van der Waals surface area contributed by atoms with Gasteiger partial charge in [-0.1, -0.05) is 19.8 Å². The molecule has 0 unspecified atom stereocenters. The van der Waals surface area contributed by atoms with Crippen molar-refractivity contribution in [2.24, 2.45) is 5.92 Å². The third kappa shape index (κ3) is 2.52. The van der Waals surface area contributed by atoms with Gasteiger partial charge in [-0.05, 0) is 19.3 Å². The maximum Gasteiger partial charge on any atom is 0.223 e. The summed E-state index contributed by atoms with van der Waals surface area (Å²) in [6, 6.07) is 0. The molecule has 1 fully saturated rings. The van der Waals surface area contributed by atoms with Crippen LogP contribution in [0.15, 0.2) is 0 Å². The molecule has 2 heteroatoms. The summed E-state index contributed by atoms with van der Waals surface area (Å²) in [6.45, 7) is 3.06. The van der Waals surface area contributed by atoms with Crippen molar-refractivity contribution in [3.05, 3.63) is 0 Å². The Morgan fingerprint density at radius 1 is 1.64 bits per heavy atom. The lowest BCUT2D eigenvalue weighted by Crippen LogP contribution is -2.36. The fourth-order valence-corrected chi connectivity index (χ4v) is 1.56. The number of piperidine rings is 1. The molecule has 0 aromatic carbocycles. The van der Waals surface area contributed by atoms with Crippen molar-refractivity contribution in [1.29, 1.82) is 0 Å². The molecule has 0 aliphatic carbocycles. The van der Waals surface area contributed by atoms with Crippen molar-refractivity contribution >= 4 is 5.91 Å². The highest BCUT2D eigenvalue weighted by Gasteiger charge is 2.20. The fraction of sp³-hybridized carbons (Fsp3) is 0.889. The molecule has 0 bridgehead atoms. The maximum absolute atomic E-state index is 11.2. The Morgan fingerprint density at radius 3 is 3.09 bits per heavy atom. The van der Waals surface area contributed by atoms with Crippen molar-refractivity contribution in [3.63, 3.8) is 0 Å². The van der Waals surface area contributed by atoms with Gasteiger partial charge in [0.15, 0.2) is 0 Å². The van der Waals surface area contributed by atoms with Crippen molar-refractivity contribution in [2.45, 2.75) is 39.0 Å². The van der Waals surface area contributed by atoms with E-state index in [-0.39, 0.29) is 5.91 Å². The normalized spacial score (nSPS) is 24.8. The summed E-state index contributed by atoms with van der Waals surface area (Å²) in [4.78, 5) is 11.2. The van der Waals surface area contributed by atoms with E-state index in [4.69, 9.17) is 0 Å². The zero-order valence-corrected chi connectivity index (χ0v) is 7.23. The average Bonchev–Trinajstić information content (AvgIpc) is 2.03. The molecule has 1 aliphatic heterocycles. The predicted octanol–water partition coefficient (Wildman–Crippen LogP) is 1.70. The van der Waals surface area contributed by atoms with E-state index in [1.54, 1.807) is 0 Å². The third-order valence-electron chi connectivity index (χ3n) is 2.31. The van der Waals surface area contributed by atoms with Crippen LogP contribution in [0.4, 0.5) is 0 Å². The monoisotopic (exact) mass is 155 g/mol. The van der Waals surface area contributed by atoms with Gasteiger partial charge < -0.3 is 5.32 Å². The molecule has 0 saturated carbocycles. The molecule has 2 nitrogen and oxygen atoms in total. The Morgan fingerprint density at radius 2 is 2.45 bits per heavy atom. The summed E-state index contributed by atoms with van der Waals surface area (Å²) in [5.41, 5.74) is 0. The lowest BCUT2D eigenvalue weighted by molar-refractivity contribution is -0.126. The molecule has 1 atom stereocenters. The Kier molecular flexibility index (Phi) is 3.40. The standard InChI is InChI=1S/C9H17NO/c1-2-3-5-8-6-4-7-10-9(8)11/h8H,2-7H2,1H3,(H,10,11)/t8-/m1/s1. The molecule has 1 rings (SSSR count). The van der Waals surface area contributed by atoms with Gasteiger partial charge in [0, 0.05) is 12.5 Å². The second-order valence-corrected chi connectivity index (χ2v) is 3.27. The highest BCUT2D eigenvalue weighted by atomic mass is 16.1. The highest BCUT2D eigenvalue weighted by Crippen LogP contribution is 2.17. The van der Waals surface area contributed by atoms with Gasteiger partial charge in [-0.15, -0.1) is 0 Å². The minimum atomic E-state index is 0.282. The number of rotatable bonds is 3. The smallest absolute Gasteiger partial charge is 0.223 e. The molecular formula is C9H17NO. The molecule has 64 valence electrons. The van der Waals surface area contributed by atoms with Crippen LogP contribution in [-0.2, 0) is 4.79 Å². The lowest BCUT2D eigenvalue weighted by atomic mass is 9.93. The van der Waals surface area contributed by atoms with Crippen molar-refractivity contribution in [2.75, 3.05) is 6.54 Å². The minimum absolute atomic E-state index is 0.282. The molecule has 0 aromatic heterocycles. The minimum Gasteiger partial charge on any atom is -0.356 e. The van der Waals surface area contributed by atoms with Gasteiger partial charge in [0.05, 0.1) is 0 Å². The predicted molar refractivity (Wildman–Crippen MR) is 45.3 cm³/mol. The average molecular weight is 155 g/mol. The van der Waals surface area contributed by atoms with Gasteiger partial charge in [-0.3, -0.25) is 4.79 Å². The van der Waals surface area contributed by atoms with Crippen LogP contribution in [0, 0.1) is 5.92 Å². The molecular weight excluding hydrogens is 138 g/mol. The van der Waals surface area contributed by atoms with Crippen LogP contribution < -0.4 is 5.32 Å². The number of carbonyl (C=O) groups excluding carboxylic acids is 1. The highest BCUT2D eigenvalue weighted by molar-refractivity contribution is 5.79. The number of carbonyl (C=O) groups is 1. The molecule has 0 spiro atoms. The SMILES string of the molecule is CCCC[C@@H]1CCCNC1=O. The van der Waals surface area contributed by atoms with Gasteiger partial charge in [-0.25, -0.2) is 0 Å². The van der Waals surface area contributed by atoms with E-state index >= 15 is 0 Å². The number of hydrogen-bond acceptors (Lipinski definition) is 1. The van der Waals surface area contributed by atoms with Crippen LogP contribution in [0.5, 0.6) is 0 Å². The van der Waals surface area contributed by atoms with Crippen LogP contribution in [-0.4, -0.2) is 12.5 Å². The second-order valence-electron chi connectivity index (χ2n) is 3.27. The van der Waals surface area contributed by atoms with Crippen LogP contribution in [0.1, 0.15) is 39.0 Å². The van der Waals surface area contributed by atoms with Gasteiger partial charge in [0.25, 0.3) is 0 Å². The van der Waals surface area contributed by atoms with E-state index in [1.165, 1.54) is 19.3 Å². The number of amides is 1. The van der Waals surface area contributed by atoms with E-state index in [1.807, 2.05) is 0 Å². The topological polar surface area (TPSA) is 29.1 Å². The second kappa shape index (κ2) is 4.37. The Balaban J connectivity index is 2.24. The first-order valence-electron chi connectivity index (χ1n) is 4.62. The van der Waals surface area contributed by atoms with Gasteiger partial charge in [-0.2, -0.15) is 0 Å². The fourth-order valence-electron chi connectivity index (χ4n) is 1.56. The molecule has 1 aliphatic rings. The summed E-state index contributed by atoms with van der Waals surface area (Å²) in [7, 11) is 0. The van der Waals surface area contributed by atoms with E-state index in [0.717, 1.165) is 19.4 Å². The molecule has 1 heterocycles. The van der Waals surface area contributed by atoms with Crippen molar-refractivity contribution in [1.82, 2.24) is 5.32 Å². The summed E-state index contributed by atoms with van der Waals surface area (Å²) in [5, 5.41) is 2.90. The van der Waals surface area contributed by atoms with Gasteiger partial charge in [0.1, 0.15) is 0 Å². The molecule has 1 N–H and O–H groups in total. The largest absolute Gasteiger partial charge is 0.356 e. The first kappa shape index (κ1) is 8.57. The van der Waals surface area contributed by atoms with Gasteiger partial charge >= 0.3 is 0 Å². The Bertz CT molecular complexity index is 134. The zero-order chi connectivity index (χ0) is 8.10. The molecule has 11 heavy (non-hydrogen) atoms. The quantitative estimate of drug-likeness (QED) is 0.660. The number of hydrogen-bond donors (Lipinski definition) is 1. The van der Waals surface area contributed by atoms with E-state index in [9.17, 15) is 4.79 Å². The first-order valence-corrected chi connectivity index (χ1v) is 4.62. The molecule has 0 radical (unpaired) electrons. The summed E-state index contributed by atoms with van der Waals surface area (Å²) in [6.07, 6.45) is 5.75. The Labute approximate surface area is 68.4 Å². The van der Waals surface area contributed by atoms with E-state index < -0.39 is 0 Å². The molecule has 1 saturated heterocycles. The van der Waals surface area contributed by atoms with Crippen LogP contribution in [0.2, 0.25) is 0 Å². The van der Waals surface area contributed by atoms with Crippen LogP contribution >= 0.6 is 0 Å². The van der Waals surface area contributed by atoms with Gasteiger partial charge in [0.2, 0.25) is 5.91 Å². The number of unbranched alkanes of at least 4 members (excludes halogenated alkanes) is 1. The summed E-state index contributed by atoms with van der Waals surface area (Å²) < 4.78 is 0. The first-order chi connectivity index (χ1) is 5.34. The van der Waals surface area contributed by atoms with Crippen LogP contribution in [0.25, 0.3) is 0 Å². The molecule has 0 aromatic rings. The van der Waals surface area contributed by atoms with Crippen LogP contribution in [0.3, 0.4) is 0 Å². The lowest BCUT2D eigenvalue weighted by Gasteiger charge is -2.21. The number of nitrogens with one attached hydrogen (secondary N) is 1. The zero-order valence-electron chi connectivity index (χ0n) is 7.23. The molecule has 1 amide bonds. The summed E-state index contributed by atoms with van der Waals surface area (Å²) >= 11 is 0. The third-order valence-corrected chi connectivity index (χ3v) is 2.31. The summed E-state index contributed by atoms with van der Waals surface area (Å²) in [5.74, 6) is 0.605.